The molecule has 37 heavy (non-hydrogen) atoms. The second-order valence-electron chi connectivity index (χ2n) is 7.99. The van der Waals surface area contributed by atoms with Gasteiger partial charge in [0.2, 0.25) is 5.88 Å². The lowest BCUT2D eigenvalue weighted by Gasteiger charge is -2.20. The summed E-state index contributed by atoms with van der Waals surface area (Å²) in [6.07, 6.45) is 2.77. The average molecular weight is 495 g/mol. The van der Waals surface area contributed by atoms with E-state index < -0.39 is 17.8 Å². The van der Waals surface area contributed by atoms with Crippen molar-refractivity contribution in [2.75, 3.05) is 14.2 Å². The lowest BCUT2D eigenvalue weighted by atomic mass is 10.0. The van der Waals surface area contributed by atoms with Gasteiger partial charge in [-0.3, -0.25) is 4.79 Å². The van der Waals surface area contributed by atoms with Crippen molar-refractivity contribution in [1.29, 1.82) is 0 Å². The summed E-state index contributed by atoms with van der Waals surface area (Å²) < 4.78 is 10.8. The molecule has 1 amide bonds. The smallest absolute Gasteiger partial charge is 0.259 e. The third-order valence-corrected chi connectivity index (χ3v) is 5.76. The van der Waals surface area contributed by atoms with Gasteiger partial charge in [-0.2, -0.15) is 10.1 Å². The summed E-state index contributed by atoms with van der Waals surface area (Å²) in [4.78, 5) is 26.4. The molecule has 184 valence electrons. The minimum atomic E-state index is -0.660. The fraction of sp³-hybridized carbons (Fsp3) is 0.111. The van der Waals surface area contributed by atoms with E-state index in [-0.39, 0.29) is 11.4 Å². The number of carbonyl (C=O) groups is 1. The highest BCUT2D eigenvalue weighted by Crippen LogP contribution is 2.29. The molecule has 0 saturated carbocycles. The maximum atomic E-state index is 13.3. The Bertz CT molecular complexity index is 1560. The normalized spacial score (nSPS) is 11.6. The third kappa shape index (κ3) is 4.85. The molecule has 0 aliphatic heterocycles. The quantitative estimate of drug-likeness (QED) is 0.347. The molecule has 5 aromatic rings. The van der Waals surface area contributed by atoms with Crippen LogP contribution in [0.2, 0.25) is 0 Å². The number of nitrogens with zero attached hydrogens (tertiary/aromatic N) is 5. The summed E-state index contributed by atoms with van der Waals surface area (Å²) in [5, 5.41) is 22.1. The summed E-state index contributed by atoms with van der Waals surface area (Å²) in [5.41, 5.74) is 2.27. The molecule has 2 N–H and O–H groups in total. The Balaban J connectivity index is 1.52. The Morgan fingerprint density at radius 2 is 1.78 bits per heavy atom. The van der Waals surface area contributed by atoms with Crippen LogP contribution in [0.4, 0.5) is 0 Å². The number of carbonyl (C=O) groups excluding carboxylic acids is 1. The van der Waals surface area contributed by atoms with Crippen molar-refractivity contribution >= 4 is 16.8 Å². The van der Waals surface area contributed by atoms with E-state index >= 15 is 0 Å². The van der Waals surface area contributed by atoms with Crippen LogP contribution in [-0.2, 0) is 0 Å². The van der Waals surface area contributed by atoms with Gasteiger partial charge in [0, 0.05) is 17.8 Å². The van der Waals surface area contributed by atoms with E-state index in [9.17, 15) is 9.90 Å². The molecular formula is C27H22N6O4. The molecule has 0 fully saturated rings. The van der Waals surface area contributed by atoms with Crippen molar-refractivity contribution in [3.63, 3.8) is 0 Å². The fourth-order valence-corrected chi connectivity index (χ4v) is 3.87. The highest BCUT2D eigenvalue weighted by molar-refractivity contribution is 5.96. The van der Waals surface area contributed by atoms with Crippen LogP contribution < -0.4 is 14.8 Å². The average Bonchev–Trinajstić information content (AvgIpc) is 2.95. The molecular weight excluding hydrogens is 472 g/mol. The number of benzene rings is 2. The molecule has 0 aliphatic carbocycles. The summed E-state index contributed by atoms with van der Waals surface area (Å²) in [6.45, 7) is 0. The number of para-hydroxylation sites is 1. The van der Waals surface area contributed by atoms with Gasteiger partial charge in [0.05, 0.1) is 26.0 Å². The lowest BCUT2D eigenvalue weighted by molar-refractivity contribution is 0.0938. The van der Waals surface area contributed by atoms with Gasteiger partial charge in [-0.15, -0.1) is 5.10 Å². The molecule has 1 atom stereocenters. The summed E-state index contributed by atoms with van der Waals surface area (Å²) in [7, 11) is 3.16. The number of aromatic nitrogens is 5. The highest BCUT2D eigenvalue weighted by atomic mass is 16.5. The van der Waals surface area contributed by atoms with Crippen LogP contribution >= 0.6 is 0 Å². The van der Waals surface area contributed by atoms with Gasteiger partial charge in [-0.05, 0) is 42.0 Å². The number of hydrogen-bond donors (Lipinski definition) is 2. The standard InChI is InChI=1S/C27H22N6O4/c1-36-18-11-8-17(9-12-18)23(20-13-10-16-5-3-7-22(37-2)24(16)30-20)31-26(34)19-15-28-25(32-27(19)35)21-6-4-14-29-33-21/h3-15,23H,1-2H3,(H,31,34)(H,28,32,35). The maximum Gasteiger partial charge on any atom is 0.259 e. The van der Waals surface area contributed by atoms with Gasteiger partial charge < -0.3 is 19.9 Å². The first-order valence-corrected chi connectivity index (χ1v) is 11.3. The number of aromatic hydroxyl groups is 1. The number of pyridine rings is 1. The Morgan fingerprint density at radius 3 is 2.49 bits per heavy atom. The lowest BCUT2D eigenvalue weighted by Crippen LogP contribution is -2.30. The number of nitrogens with one attached hydrogen (secondary N) is 1. The molecule has 10 heteroatoms. The zero-order valence-electron chi connectivity index (χ0n) is 20.0. The summed E-state index contributed by atoms with van der Waals surface area (Å²) in [6, 6.07) is 19.3. The minimum Gasteiger partial charge on any atom is -0.497 e. The molecule has 3 aromatic heterocycles. The molecule has 0 spiro atoms. The number of ether oxygens (including phenoxy) is 2. The topological polar surface area (TPSA) is 132 Å². The molecule has 1 unspecified atom stereocenters. The van der Waals surface area contributed by atoms with Crippen LogP contribution in [0.1, 0.15) is 27.7 Å². The van der Waals surface area contributed by atoms with Crippen LogP contribution in [0, 0.1) is 0 Å². The van der Waals surface area contributed by atoms with Crippen molar-refractivity contribution in [2.45, 2.75) is 6.04 Å². The van der Waals surface area contributed by atoms with Gasteiger partial charge in [0.1, 0.15) is 28.3 Å². The van der Waals surface area contributed by atoms with Crippen LogP contribution in [0.15, 0.2) is 79.1 Å². The first kappa shape index (κ1) is 23.6. The van der Waals surface area contributed by atoms with E-state index in [0.717, 1.165) is 10.9 Å². The number of fused-ring (bicyclic) bond motifs is 1. The van der Waals surface area contributed by atoms with E-state index in [4.69, 9.17) is 14.5 Å². The van der Waals surface area contributed by atoms with E-state index in [1.54, 1.807) is 38.5 Å². The maximum absolute atomic E-state index is 13.3. The summed E-state index contributed by atoms with van der Waals surface area (Å²) >= 11 is 0. The Hall–Kier alpha value is -5.12. The minimum absolute atomic E-state index is 0.0930. The molecule has 3 heterocycles. The number of methoxy groups -OCH3 is 2. The molecule has 10 nitrogen and oxygen atoms in total. The third-order valence-electron chi connectivity index (χ3n) is 5.76. The first-order valence-electron chi connectivity index (χ1n) is 11.3. The van der Waals surface area contributed by atoms with E-state index in [0.29, 0.717) is 28.4 Å². The van der Waals surface area contributed by atoms with Crippen LogP contribution in [0.25, 0.3) is 22.4 Å². The van der Waals surface area contributed by atoms with Crippen molar-refractivity contribution in [3.05, 3.63) is 95.9 Å². The van der Waals surface area contributed by atoms with Gasteiger partial charge in [-0.1, -0.05) is 30.3 Å². The number of rotatable bonds is 7. The fourth-order valence-electron chi connectivity index (χ4n) is 3.87. The van der Waals surface area contributed by atoms with Gasteiger partial charge >= 0.3 is 0 Å². The van der Waals surface area contributed by atoms with Gasteiger partial charge in [0.25, 0.3) is 5.91 Å². The van der Waals surface area contributed by atoms with E-state index in [1.807, 2.05) is 42.5 Å². The zero-order chi connectivity index (χ0) is 25.8. The van der Waals surface area contributed by atoms with Crippen molar-refractivity contribution in [2.24, 2.45) is 0 Å². The van der Waals surface area contributed by atoms with Crippen LogP contribution in [-0.4, -0.2) is 50.4 Å². The van der Waals surface area contributed by atoms with Crippen LogP contribution in [0.5, 0.6) is 17.4 Å². The predicted octanol–water partition coefficient (Wildman–Crippen LogP) is 3.72. The van der Waals surface area contributed by atoms with Crippen molar-refractivity contribution in [3.8, 4) is 28.9 Å². The van der Waals surface area contributed by atoms with Crippen LogP contribution in [0.3, 0.4) is 0 Å². The largest absolute Gasteiger partial charge is 0.497 e. The monoisotopic (exact) mass is 494 g/mol. The molecule has 0 aliphatic rings. The molecule has 5 rings (SSSR count). The second-order valence-corrected chi connectivity index (χ2v) is 7.99. The van der Waals surface area contributed by atoms with E-state index in [2.05, 4.69) is 25.5 Å². The van der Waals surface area contributed by atoms with Gasteiger partial charge in [0.15, 0.2) is 5.82 Å². The van der Waals surface area contributed by atoms with Crippen molar-refractivity contribution in [1.82, 2.24) is 30.5 Å². The number of hydrogen-bond acceptors (Lipinski definition) is 9. The van der Waals surface area contributed by atoms with E-state index in [1.165, 1.54) is 12.4 Å². The molecule has 0 bridgehead atoms. The molecule has 0 radical (unpaired) electrons. The Kier molecular flexibility index (Phi) is 6.54. The Morgan fingerprint density at radius 1 is 0.946 bits per heavy atom. The Labute approximate surface area is 212 Å². The highest BCUT2D eigenvalue weighted by Gasteiger charge is 2.23. The summed E-state index contributed by atoms with van der Waals surface area (Å²) in [5.74, 6) is 0.385. The van der Waals surface area contributed by atoms with Gasteiger partial charge in [-0.25, -0.2) is 9.97 Å². The second kappa shape index (κ2) is 10.2. The molecule has 2 aromatic carbocycles. The zero-order valence-corrected chi connectivity index (χ0v) is 20.0. The predicted molar refractivity (Wildman–Crippen MR) is 135 cm³/mol. The number of amides is 1. The van der Waals surface area contributed by atoms with Crippen molar-refractivity contribution < 1.29 is 19.4 Å². The first-order chi connectivity index (χ1) is 18.1. The molecule has 0 saturated heterocycles. The SMILES string of the molecule is COc1ccc(C(NC(=O)c2cnc(-c3cccnn3)nc2O)c2ccc3cccc(OC)c3n2)cc1.